The molecular weight excluding hydrogens is 350 g/mol. The van der Waals surface area contributed by atoms with E-state index in [0.29, 0.717) is 11.3 Å². The Labute approximate surface area is 162 Å². The van der Waals surface area contributed by atoms with Gasteiger partial charge in [-0.1, -0.05) is 36.3 Å². The Morgan fingerprint density at radius 2 is 1.64 bits per heavy atom. The van der Waals surface area contributed by atoms with Gasteiger partial charge in [-0.05, 0) is 53.1 Å². The molecule has 0 N–H and O–H groups in total. The molecule has 1 aromatic heterocycles. The zero-order valence-electron chi connectivity index (χ0n) is 15.5. The number of aromatic nitrogens is 1. The van der Waals surface area contributed by atoms with Gasteiger partial charge >= 0.3 is 5.97 Å². The topological polar surface area (TPSA) is 48.4 Å². The lowest BCUT2D eigenvalue weighted by Crippen LogP contribution is -2.06. The smallest absolute Gasteiger partial charge is 0.340 e. The fraction of sp³-hybridized carbons (Fsp3) is 0.0833. The SMILES string of the molecule is COC(=O)c1cc2ccccc2nc1C#Cc1ccc2cc(OC)ccc2c1. The van der Waals surface area contributed by atoms with Crippen LogP contribution in [0.1, 0.15) is 21.6 Å². The number of para-hydroxylation sites is 1. The van der Waals surface area contributed by atoms with Gasteiger partial charge in [0.25, 0.3) is 0 Å². The van der Waals surface area contributed by atoms with Gasteiger partial charge in [0.05, 0.1) is 25.3 Å². The first-order valence-corrected chi connectivity index (χ1v) is 8.76. The number of methoxy groups -OCH3 is 2. The highest BCUT2D eigenvalue weighted by Crippen LogP contribution is 2.22. The van der Waals surface area contributed by atoms with E-state index in [0.717, 1.165) is 33.0 Å². The predicted octanol–water partition coefficient (Wildman–Crippen LogP) is 4.58. The highest BCUT2D eigenvalue weighted by molar-refractivity contribution is 5.96. The summed E-state index contributed by atoms with van der Waals surface area (Å²) >= 11 is 0. The second kappa shape index (κ2) is 7.42. The molecule has 0 aliphatic heterocycles. The third-order valence-corrected chi connectivity index (χ3v) is 4.50. The molecule has 4 aromatic rings. The molecule has 0 saturated carbocycles. The number of pyridine rings is 1. The third kappa shape index (κ3) is 3.38. The average Bonchev–Trinajstić information content (AvgIpc) is 2.75. The summed E-state index contributed by atoms with van der Waals surface area (Å²) in [5, 5.41) is 3.00. The molecule has 0 fully saturated rings. The Balaban J connectivity index is 1.78. The minimum absolute atomic E-state index is 0.360. The molecule has 0 saturated heterocycles. The molecule has 4 rings (SSSR count). The standard InChI is InChI=1S/C24H17NO3/c1-27-20-11-10-17-13-16(7-9-18(17)14-20)8-12-23-21(24(26)28-2)15-19-5-3-4-6-22(19)25-23/h3-7,9-11,13-15H,1-2H3. The van der Waals surface area contributed by atoms with Crippen LogP contribution in [0.15, 0.2) is 66.7 Å². The monoisotopic (exact) mass is 367 g/mol. The molecule has 0 atom stereocenters. The molecule has 0 aliphatic rings. The van der Waals surface area contributed by atoms with Gasteiger partial charge in [-0.15, -0.1) is 0 Å². The van der Waals surface area contributed by atoms with Crippen molar-refractivity contribution in [1.29, 1.82) is 0 Å². The Morgan fingerprint density at radius 3 is 2.46 bits per heavy atom. The maximum absolute atomic E-state index is 12.2. The summed E-state index contributed by atoms with van der Waals surface area (Å²) in [6.45, 7) is 0. The van der Waals surface area contributed by atoms with E-state index in [-0.39, 0.29) is 0 Å². The summed E-state index contributed by atoms with van der Waals surface area (Å²) in [5.74, 6) is 6.52. The molecule has 0 radical (unpaired) electrons. The molecule has 0 amide bonds. The number of benzene rings is 3. The lowest BCUT2D eigenvalue weighted by Gasteiger charge is -2.05. The minimum Gasteiger partial charge on any atom is -0.497 e. The quantitative estimate of drug-likeness (QED) is 0.384. The zero-order chi connectivity index (χ0) is 19.5. The van der Waals surface area contributed by atoms with Crippen molar-refractivity contribution in [1.82, 2.24) is 4.98 Å². The van der Waals surface area contributed by atoms with Gasteiger partial charge in [-0.3, -0.25) is 0 Å². The van der Waals surface area contributed by atoms with Crippen molar-refractivity contribution in [3.8, 4) is 17.6 Å². The van der Waals surface area contributed by atoms with E-state index >= 15 is 0 Å². The fourth-order valence-electron chi connectivity index (χ4n) is 3.04. The maximum Gasteiger partial charge on any atom is 0.340 e. The second-order valence-corrected chi connectivity index (χ2v) is 6.25. The molecule has 1 heterocycles. The number of ether oxygens (including phenoxy) is 2. The molecule has 0 unspecified atom stereocenters. The summed E-state index contributed by atoms with van der Waals surface area (Å²) in [5.41, 5.74) is 2.38. The van der Waals surface area contributed by atoms with E-state index in [1.54, 1.807) is 13.2 Å². The highest BCUT2D eigenvalue weighted by Gasteiger charge is 2.13. The minimum atomic E-state index is -0.451. The van der Waals surface area contributed by atoms with Crippen molar-refractivity contribution >= 4 is 27.6 Å². The largest absolute Gasteiger partial charge is 0.497 e. The van der Waals surface area contributed by atoms with E-state index in [1.165, 1.54) is 7.11 Å². The lowest BCUT2D eigenvalue weighted by atomic mass is 10.1. The first-order chi connectivity index (χ1) is 13.7. The van der Waals surface area contributed by atoms with Crippen molar-refractivity contribution in [2.75, 3.05) is 14.2 Å². The Bertz CT molecular complexity index is 1270. The lowest BCUT2D eigenvalue weighted by molar-refractivity contribution is 0.0600. The van der Waals surface area contributed by atoms with Crippen LogP contribution in [0.2, 0.25) is 0 Å². The molecule has 4 heteroatoms. The predicted molar refractivity (Wildman–Crippen MR) is 110 cm³/mol. The van der Waals surface area contributed by atoms with Crippen LogP contribution in [0.3, 0.4) is 0 Å². The molecule has 3 aromatic carbocycles. The van der Waals surface area contributed by atoms with Gasteiger partial charge in [-0.2, -0.15) is 0 Å². The normalized spacial score (nSPS) is 10.4. The van der Waals surface area contributed by atoms with Crippen LogP contribution in [0.25, 0.3) is 21.7 Å². The van der Waals surface area contributed by atoms with Crippen LogP contribution in [0, 0.1) is 11.8 Å². The van der Waals surface area contributed by atoms with Crippen LogP contribution in [0.5, 0.6) is 5.75 Å². The summed E-state index contributed by atoms with van der Waals surface area (Å²) in [4.78, 5) is 16.7. The van der Waals surface area contributed by atoms with Crippen LogP contribution in [0.4, 0.5) is 0 Å². The number of carbonyl (C=O) groups is 1. The average molecular weight is 367 g/mol. The summed E-state index contributed by atoms with van der Waals surface area (Å²) < 4.78 is 10.2. The third-order valence-electron chi connectivity index (χ3n) is 4.50. The van der Waals surface area contributed by atoms with Crippen LogP contribution in [-0.4, -0.2) is 25.2 Å². The van der Waals surface area contributed by atoms with E-state index in [9.17, 15) is 4.79 Å². The number of nitrogens with zero attached hydrogens (tertiary/aromatic N) is 1. The van der Waals surface area contributed by atoms with Crippen LogP contribution in [-0.2, 0) is 4.74 Å². The first-order valence-electron chi connectivity index (χ1n) is 8.76. The molecule has 0 aliphatic carbocycles. The van der Waals surface area contributed by atoms with Crippen molar-refractivity contribution in [2.24, 2.45) is 0 Å². The molecule has 28 heavy (non-hydrogen) atoms. The van der Waals surface area contributed by atoms with E-state index < -0.39 is 5.97 Å². The molecular formula is C24H17NO3. The van der Waals surface area contributed by atoms with Gasteiger partial charge in [0.1, 0.15) is 11.4 Å². The van der Waals surface area contributed by atoms with Crippen LogP contribution < -0.4 is 4.74 Å². The van der Waals surface area contributed by atoms with Gasteiger partial charge < -0.3 is 9.47 Å². The number of hydrogen-bond acceptors (Lipinski definition) is 4. The van der Waals surface area contributed by atoms with E-state index in [1.807, 2.05) is 60.7 Å². The number of fused-ring (bicyclic) bond motifs is 2. The molecule has 136 valence electrons. The Hall–Kier alpha value is -3.84. The Kier molecular flexibility index (Phi) is 4.65. The summed E-state index contributed by atoms with van der Waals surface area (Å²) in [6.07, 6.45) is 0. The van der Waals surface area contributed by atoms with Crippen molar-refractivity contribution in [2.45, 2.75) is 0 Å². The highest BCUT2D eigenvalue weighted by atomic mass is 16.5. The number of carbonyl (C=O) groups excluding carboxylic acids is 1. The zero-order valence-corrected chi connectivity index (χ0v) is 15.5. The van der Waals surface area contributed by atoms with Crippen molar-refractivity contribution in [3.05, 3.63) is 83.6 Å². The van der Waals surface area contributed by atoms with Crippen molar-refractivity contribution in [3.63, 3.8) is 0 Å². The maximum atomic E-state index is 12.2. The van der Waals surface area contributed by atoms with Crippen molar-refractivity contribution < 1.29 is 14.3 Å². The van der Waals surface area contributed by atoms with Gasteiger partial charge in [0.15, 0.2) is 0 Å². The number of hydrogen-bond donors (Lipinski definition) is 0. The first kappa shape index (κ1) is 17.6. The summed E-state index contributed by atoms with van der Waals surface area (Å²) in [6, 6.07) is 21.2. The Morgan fingerprint density at radius 1 is 0.857 bits per heavy atom. The number of rotatable bonds is 2. The molecule has 0 bridgehead atoms. The van der Waals surface area contributed by atoms with Gasteiger partial charge in [0.2, 0.25) is 0 Å². The van der Waals surface area contributed by atoms with Gasteiger partial charge in [-0.25, -0.2) is 9.78 Å². The van der Waals surface area contributed by atoms with Crippen LogP contribution >= 0.6 is 0 Å². The van der Waals surface area contributed by atoms with E-state index in [2.05, 4.69) is 16.8 Å². The van der Waals surface area contributed by atoms with E-state index in [4.69, 9.17) is 9.47 Å². The fourth-order valence-corrected chi connectivity index (χ4v) is 3.04. The summed E-state index contributed by atoms with van der Waals surface area (Å²) in [7, 11) is 3.00. The second-order valence-electron chi connectivity index (χ2n) is 6.25. The molecule has 0 spiro atoms. The van der Waals surface area contributed by atoms with Gasteiger partial charge in [0, 0.05) is 10.9 Å². The number of esters is 1. The molecule has 4 nitrogen and oxygen atoms in total.